The van der Waals surface area contributed by atoms with Gasteiger partial charge >= 0.3 is 0 Å². The zero-order valence-corrected chi connectivity index (χ0v) is 22.8. The summed E-state index contributed by atoms with van der Waals surface area (Å²) in [6.07, 6.45) is 3.13. The Morgan fingerprint density at radius 1 is 1.19 bits per heavy atom. The fraction of sp³-hybridized carbons (Fsp3) is 0.484. The zero-order chi connectivity index (χ0) is 26.3. The Balaban J connectivity index is 1.47. The lowest BCUT2D eigenvalue weighted by atomic mass is 9.70. The molecular weight excluding hydrogens is 460 g/mol. The number of carbonyl (C=O) groups excluding carboxylic acids is 1. The first-order chi connectivity index (χ1) is 17.8. The third kappa shape index (κ3) is 4.35. The van der Waals surface area contributed by atoms with E-state index in [4.69, 9.17) is 4.74 Å². The molecule has 3 aromatic rings. The second-order valence-electron chi connectivity index (χ2n) is 11.0. The number of piperidine rings is 1. The van der Waals surface area contributed by atoms with Gasteiger partial charge in [-0.05, 0) is 68.6 Å². The van der Waals surface area contributed by atoms with Gasteiger partial charge in [0.15, 0.2) is 5.78 Å². The molecule has 0 bridgehead atoms. The van der Waals surface area contributed by atoms with Crippen LogP contribution in [0, 0.1) is 11.3 Å². The number of aryl methyl sites for hydroxylation is 1. The summed E-state index contributed by atoms with van der Waals surface area (Å²) in [7, 11) is 2.21. The fourth-order valence-corrected chi connectivity index (χ4v) is 6.24. The van der Waals surface area contributed by atoms with Gasteiger partial charge in [-0.15, -0.1) is 0 Å². The molecule has 1 aromatic heterocycles. The number of ether oxygens (including phenoxy) is 1. The molecule has 0 saturated carbocycles. The van der Waals surface area contributed by atoms with Crippen molar-refractivity contribution in [3.63, 3.8) is 0 Å². The van der Waals surface area contributed by atoms with Crippen LogP contribution in [-0.4, -0.2) is 61.6 Å². The fourth-order valence-electron chi connectivity index (χ4n) is 6.24. The van der Waals surface area contributed by atoms with Crippen molar-refractivity contribution in [1.29, 1.82) is 5.26 Å². The molecule has 0 atom stereocenters. The number of H-pyrrole nitrogens is 1. The average Bonchev–Trinajstić information content (AvgIpc) is 3.31. The quantitative estimate of drug-likeness (QED) is 0.441. The summed E-state index contributed by atoms with van der Waals surface area (Å²) in [5.41, 5.74) is 7.19. The molecule has 1 fully saturated rings. The minimum atomic E-state index is -0.358. The molecule has 1 aliphatic carbocycles. The molecule has 0 radical (unpaired) electrons. The zero-order valence-electron chi connectivity index (χ0n) is 22.8. The van der Waals surface area contributed by atoms with Gasteiger partial charge in [-0.25, -0.2) is 0 Å². The summed E-state index contributed by atoms with van der Waals surface area (Å²) in [6, 6.07) is 12.8. The molecule has 2 aromatic carbocycles. The van der Waals surface area contributed by atoms with E-state index in [0.29, 0.717) is 11.6 Å². The Morgan fingerprint density at radius 2 is 1.95 bits per heavy atom. The van der Waals surface area contributed by atoms with E-state index in [9.17, 15) is 10.1 Å². The number of anilines is 1. The van der Waals surface area contributed by atoms with Crippen molar-refractivity contribution in [2.75, 3.05) is 44.8 Å². The number of ketones is 1. The first kappa shape index (κ1) is 25.5. The summed E-state index contributed by atoms with van der Waals surface area (Å²) in [6.45, 7) is 13.2. The maximum absolute atomic E-state index is 13.9. The molecule has 1 aliphatic heterocycles. The van der Waals surface area contributed by atoms with E-state index in [-0.39, 0.29) is 11.2 Å². The van der Waals surface area contributed by atoms with E-state index in [0.717, 1.165) is 85.4 Å². The van der Waals surface area contributed by atoms with Crippen LogP contribution >= 0.6 is 0 Å². The molecule has 2 heterocycles. The molecule has 5 rings (SSSR count). The average molecular weight is 499 g/mol. The number of aromatic nitrogens is 1. The molecule has 0 spiro atoms. The first-order valence-electron chi connectivity index (χ1n) is 13.6. The molecule has 6 nitrogen and oxygen atoms in total. The van der Waals surface area contributed by atoms with Gasteiger partial charge in [-0.3, -0.25) is 4.79 Å². The second-order valence-corrected chi connectivity index (χ2v) is 11.0. The van der Waals surface area contributed by atoms with E-state index in [2.05, 4.69) is 60.8 Å². The number of fused-ring (bicyclic) bond motifs is 4. The van der Waals surface area contributed by atoms with Gasteiger partial charge < -0.3 is 19.5 Å². The number of likely N-dealkylation sites (N-methyl/N-ethyl adjacent to an activating group) is 1. The number of rotatable bonds is 7. The van der Waals surface area contributed by atoms with Crippen molar-refractivity contribution in [2.45, 2.75) is 58.4 Å². The summed E-state index contributed by atoms with van der Waals surface area (Å²) in [5.74, 6) is 0.0798. The highest BCUT2D eigenvalue weighted by Crippen LogP contribution is 2.46. The van der Waals surface area contributed by atoms with Crippen LogP contribution in [0.1, 0.15) is 78.8 Å². The maximum Gasteiger partial charge on any atom is 0.195 e. The molecule has 0 unspecified atom stereocenters. The van der Waals surface area contributed by atoms with Crippen LogP contribution in [0.2, 0.25) is 0 Å². The van der Waals surface area contributed by atoms with Gasteiger partial charge in [0.2, 0.25) is 0 Å². The highest BCUT2D eigenvalue weighted by Gasteiger charge is 2.40. The summed E-state index contributed by atoms with van der Waals surface area (Å²) in [4.78, 5) is 22.4. The van der Waals surface area contributed by atoms with Crippen LogP contribution in [0.25, 0.3) is 10.9 Å². The number of hydrogen-bond acceptors (Lipinski definition) is 5. The normalized spacial score (nSPS) is 17.2. The highest BCUT2D eigenvalue weighted by atomic mass is 16.5. The minimum absolute atomic E-state index is 0.0798. The van der Waals surface area contributed by atoms with Crippen molar-refractivity contribution in [2.24, 2.45) is 0 Å². The maximum atomic E-state index is 13.9. The van der Waals surface area contributed by atoms with Crippen LogP contribution in [0.5, 0.6) is 0 Å². The lowest BCUT2D eigenvalue weighted by molar-refractivity contribution is 0.101. The number of benzene rings is 2. The molecule has 0 amide bonds. The SMILES string of the molecule is CCOCCN(C)C1CCN(c2cc3c(cc2CC)C(=O)c2c([nH]c4cc(C#N)ccc24)C3(C)C)CC1. The van der Waals surface area contributed by atoms with Crippen LogP contribution in [0.4, 0.5) is 5.69 Å². The monoisotopic (exact) mass is 498 g/mol. The second kappa shape index (κ2) is 9.96. The van der Waals surface area contributed by atoms with Gasteiger partial charge in [0, 0.05) is 65.5 Å². The molecule has 37 heavy (non-hydrogen) atoms. The van der Waals surface area contributed by atoms with E-state index >= 15 is 0 Å². The van der Waals surface area contributed by atoms with E-state index in [1.165, 1.54) is 11.3 Å². The molecule has 194 valence electrons. The van der Waals surface area contributed by atoms with Gasteiger partial charge in [0.25, 0.3) is 0 Å². The van der Waals surface area contributed by atoms with Crippen molar-refractivity contribution < 1.29 is 9.53 Å². The standard InChI is InChI=1S/C31H38N4O2/c1-6-21-17-24-25(18-27(21)35-12-10-22(11-13-35)34(5)14-15-37-7-2)31(3,4)30-28(29(24)36)23-9-8-20(19-32)16-26(23)33-30/h8-9,16-18,22,33H,6-7,10-15H2,1-5H3. The molecule has 2 aliphatic rings. The highest BCUT2D eigenvalue weighted by molar-refractivity contribution is 6.20. The minimum Gasteiger partial charge on any atom is -0.380 e. The Labute approximate surface area is 220 Å². The van der Waals surface area contributed by atoms with Crippen molar-refractivity contribution in [3.8, 4) is 6.07 Å². The Kier molecular flexibility index (Phi) is 6.87. The van der Waals surface area contributed by atoms with Crippen molar-refractivity contribution >= 4 is 22.4 Å². The molecule has 1 saturated heterocycles. The first-order valence-corrected chi connectivity index (χ1v) is 13.6. The number of carbonyl (C=O) groups is 1. The number of hydrogen-bond donors (Lipinski definition) is 1. The van der Waals surface area contributed by atoms with Gasteiger partial charge in [0.05, 0.1) is 23.8 Å². The number of aromatic amines is 1. The van der Waals surface area contributed by atoms with Gasteiger partial charge in [-0.1, -0.05) is 26.8 Å². The van der Waals surface area contributed by atoms with E-state index in [1.807, 2.05) is 19.1 Å². The molecule has 1 N–H and O–H groups in total. The van der Waals surface area contributed by atoms with E-state index < -0.39 is 0 Å². The smallest absolute Gasteiger partial charge is 0.195 e. The lowest BCUT2D eigenvalue weighted by Crippen LogP contribution is -2.44. The van der Waals surface area contributed by atoms with Crippen molar-refractivity contribution in [1.82, 2.24) is 9.88 Å². The number of nitrogens with zero attached hydrogens (tertiary/aromatic N) is 3. The van der Waals surface area contributed by atoms with Crippen molar-refractivity contribution in [3.05, 3.63) is 63.8 Å². The third-order valence-corrected chi connectivity index (χ3v) is 8.52. The summed E-state index contributed by atoms with van der Waals surface area (Å²) >= 11 is 0. The lowest BCUT2D eigenvalue weighted by Gasteiger charge is -2.40. The Bertz CT molecular complexity index is 1370. The number of nitrogens with one attached hydrogen (secondary N) is 1. The van der Waals surface area contributed by atoms with Crippen LogP contribution in [-0.2, 0) is 16.6 Å². The van der Waals surface area contributed by atoms with Crippen LogP contribution in [0.15, 0.2) is 30.3 Å². The summed E-state index contributed by atoms with van der Waals surface area (Å²) in [5, 5.41) is 10.3. The van der Waals surface area contributed by atoms with Crippen LogP contribution in [0.3, 0.4) is 0 Å². The third-order valence-electron chi connectivity index (χ3n) is 8.52. The van der Waals surface area contributed by atoms with E-state index in [1.54, 1.807) is 6.07 Å². The molecule has 6 heteroatoms. The molecular formula is C31H38N4O2. The topological polar surface area (TPSA) is 72.4 Å². The van der Waals surface area contributed by atoms with Gasteiger partial charge in [0.1, 0.15) is 0 Å². The Hall–Kier alpha value is -3.14. The number of nitriles is 1. The summed E-state index contributed by atoms with van der Waals surface area (Å²) < 4.78 is 5.56. The largest absolute Gasteiger partial charge is 0.380 e. The Morgan fingerprint density at radius 3 is 2.62 bits per heavy atom. The van der Waals surface area contributed by atoms with Gasteiger partial charge in [-0.2, -0.15) is 5.26 Å². The predicted molar refractivity (Wildman–Crippen MR) is 149 cm³/mol. The van der Waals surface area contributed by atoms with Crippen LogP contribution < -0.4 is 4.90 Å². The predicted octanol–water partition coefficient (Wildman–Crippen LogP) is 5.41.